The zero-order valence-electron chi connectivity index (χ0n) is 15.5. The van der Waals surface area contributed by atoms with Crippen molar-refractivity contribution in [3.05, 3.63) is 22.2 Å². The van der Waals surface area contributed by atoms with Crippen molar-refractivity contribution in [3.8, 4) is 5.75 Å². The number of nitrogen functional groups attached to an aromatic ring is 1. The number of unbranched alkanes of at least 4 members (excludes halogenated alkanes) is 1. The summed E-state index contributed by atoms with van der Waals surface area (Å²) in [5, 5.41) is 3.75. The van der Waals surface area contributed by atoms with E-state index in [1.54, 1.807) is 6.07 Å². The van der Waals surface area contributed by atoms with E-state index in [0.29, 0.717) is 41.0 Å². The van der Waals surface area contributed by atoms with Crippen LogP contribution >= 0.6 is 11.6 Å². The van der Waals surface area contributed by atoms with Gasteiger partial charge in [-0.25, -0.2) is 0 Å². The third-order valence-electron chi connectivity index (χ3n) is 6.62. The van der Waals surface area contributed by atoms with Gasteiger partial charge in [-0.15, -0.1) is 0 Å². The van der Waals surface area contributed by atoms with Crippen LogP contribution in [-0.2, 0) is 6.42 Å². The number of benzene rings is 1. The van der Waals surface area contributed by atoms with Gasteiger partial charge in [0.15, 0.2) is 0 Å². The number of rotatable bonds is 5. The summed E-state index contributed by atoms with van der Waals surface area (Å²) in [5.74, 6) is 1.15. The molecule has 4 heterocycles. The van der Waals surface area contributed by atoms with E-state index in [0.717, 1.165) is 12.1 Å². The highest BCUT2D eigenvalue weighted by molar-refractivity contribution is 6.33. The number of nitrogens with zero attached hydrogens (tertiary/aromatic N) is 1. The Morgan fingerprint density at radius 2 is 2.19 bits per heavy atom. The molecule has 4 aliphatic rings. The fourth-order valence-electron chi connectivity index (χ4n) is 5.04. The van der Waals surface area contributed by atoms with Crippen molar-refractivity contribution in [2.24, 2.45) is 5.92 Å². The number of carbonyl (C=O) groups is 1. The largest absolute Gasteiger partial charge is 0.492 e. The van der Waals surface area contributed by atoms with E-state index in [4.69, 9.17) is 22.1 Å². The van der Waals surface area contributed by atoms with Crippen LogP contribution in [0.25, 0.3) is 0 Å². The van der Waals surface area contributed by atoms with Gasteiger partial charge in [-0.3, -0.25) is 4.79 Å². The molecule has 0 aliphatic carbocycles. The number of nitrogens with two attached hydrogens (primary N) is 1. The first kappa shape index (κ1) is 17.9. The van der Waals surface area contributed by atoms with Crippen LogP contribution in [0, 0.1) is 5.92 Å². The number of fused-ring (bicyclic) bond motifs is 4. The summed E-state index contributed by atoms with van der Waals surface area (Å²) in [6, 6.07) is 1.91. The predicted molar refractivity (Wildman–Crippen MR) is 104 cm³/mol. The van der Waals surface area contributed by atoms with Crippen molar-refractivity contribution < 1.29 is 14.0 Å². The summed E-state index contributed by atoms with van der Waals surface area (Å²) in [6.07, 6.45) is 5.64. The molecule has 0 saturated carbocycles. The molecule has 3 saturated heterocycles. The second kappa shape index (κ2) is 6.93. The van der Waals surface area contributed by atoms with Gasteiger partial charge in [0.25, 0.3) is 5.91 Å². The van der Waals surface area contributed by atoms with Crippen LogP contribution in [-0.4, -0.2) is 49.2 Å². The lowest BCUT2D eigenvalue weighted by Crippen LogP contribution is -2.67. The second-order valence-corrected chi connectivity index (χ2v) is 8.60. The van der Waals surface area contributed by atoms with Crippen LogP contribution in [0.2, 0.25) is 5.02 Å². The molecule has 0 radical (unpaired) electrons. The Kier molecular flexibility index (Phi) is 4.78. The van der Waals surface area contributed by atoms with Gasteiger partial charge in [-0.2, -0.15) is 0 Å². The van der Waals surface area contributed by atoms with Gasteiger partial charge in [0.1, 0.15) is 5.75 Å². The Balaban J connectivity index is 1.53. The molecule has 4 aliphatic heterocycles. The first-order chi connectivity index (χ1) is 12.5. The Morgan fingerprint density at radius 3 is 2.92 bits per heavy atom. The maximum atomic E-state index is 13.0. The third-order valence-corrected chi connectivity index (χ3v) is 6.93. The number of piperidine rings is 3. The van der Waals surface area contributed by atoms with Crippen LogP contribution < -0.4 is 15.8 Å². The highest BCUT2D eigenvalue weighted by Crippen LogP contribution is 2.39. The SMILES string of the molecule is CCCC[N+]12CCC(CC1)[C@@H](NC(=O)c1cc(Cl)c(N)c3c1OCC3)C2. The average molecular weight is 379 g/mol. The van der Waals surface area contributed by atoms with Crippen molar-refractivity contribution in [3.63, 3.8) is 0 Å². The first-order valence-electron chi connectivity index (χ1n) is 9.92. The van der Waals surface area contributed by atoms with Crippen LogP contribution in [0.15, 0.2) is 6.07 Å². The van der Waals surface area contributed by atoms with Gasteiger partial charge in [-0.05, 0) is 18.4 Å². The molecular formula is C20H29ClN3O2+. The highest BCUT2D eigenvalue weighted by Gasteiger charge is 2.46. The number of quaternary nitrogens is 1. The van der Waals surface area contributed by atoms with Crippen molar-refractivity contribution in [2.75, 3.05) is 38.5 Å². The molecule has 1 atom stereocenters. The molecule has 6 heteroatoms. The molecule has 3 fully saturated rings. The fraction of sp³-hybridized carbons (Fsp3) is 0.650. The van der Waals surface area contributed by atoms with Gasteiger partial charge in [0.05, 0.1) is 55.1 Å². The molecule has 5 rings (SSSR count). The standard InChI is InChI=1S/C20H28ClN3O2/c1-2-3-7-24-8-4-13(5-9-24)17(12-24)23-20(25)15-11-16(21)18(22)14-6-10-26-19(14)15/h11,13,17H,2-10,12H2,1H3,(H2-,22,23,25)/p+1/t13?,17-,24?/m0/s1. The van der Waals surface area contributed by atoms with Gasteiger partial charge < -0.3 is 20.3 Å². The van der Waals surface area contributed by atoms with Crippen LogP contribution in [0.3, 0.4) is 0 Å². The van der Waals surface area contributed by atoms with Gasteiger partial charge >= 0.3 is 0 Å². The summed E-state index contributed by atoms with van der Waals surface area (Å²) in [6.45, 7) is 7.64. The quantitative estimate of drug-likeness (QED) is 0.611. The average Bonchev–Trinajstić information content (AvgIpc) is 3.14. The second-order valence-electron chi connectivity index (χ2n) is 8.19. The lowest BCUT2D eigenvalue weighted by molar-refractivity contribution is -0.944. The number of nitrogens with one attached hydrogen (secondary N) is 1. The molecule has 26 heavy (non-hydrogen) atoms. The van der Waals surface area contributed by atoms with Gasteiger partial charge in [0, 0.05) is 24.8 Å². The zero-order valence-corrected chi connectivity index (χ0v) is 16.3. The number of carbonyl (C=O) groups excluding carboxylic acids is 1. The summed E-state index contributed by atoms with van der Waals surface area (Å²) < 4.78 is 6.88. The van der Waals surface area contributed by atoms with Gasteiger partial charge in [0.2, 0.25) is 0 Å². The van der Waals surface area contributed by atoms with E-state index < -0.39 is 0 Å². The monoisotopic (exact) mass is 378 g/mol. The molecule has 0 aromatic heterocycles. The van der Waals surface area contributed by atoms with E-state index in [9.17, 15) is 4.79 Å². The van der Waals surface area contributed by atoms with E-state index in [-0.39, 0.29) is 11.9 Å². The maximum Gasteiger partial charge on any atom is 0.255 e. The molecule has 3 N–H and O–H groups in total. The number of ether oxygens (including phenoxy) is 1. The molecule has 0 spiro atoms. The smallest absolute Gasteiger partial charge is 0.255 e. The molecule has 0 unspecified atom stereocenters. The molecule has 2 bridgehead atoms. The van der Waals surface area contributed by atoms with Gasteiger partial charge in [-0.1, -0.05) is 24.9 Å². The minimum Gasteiger partial charge on any atom is -0.492 e. The Morgan fingerprint density at radius 1 is 1.42 bits per heavy atom. The number of amides is 1. The van der Waals surface area contributed by atoms with Crippen molar-refractivity contribution in [2.45, 2.75) is 45.1 Å². The van der Waals surface area contributed by atoms with Crippen molar-refractivity contribution in [1.82, 2.24) is 5.32 Å². The molecular weight excluding hydrogens is 350 g/mol. The summed E-state index contributed by atoms with van der Waals surface area (Å²) >= 11 is 6.26. The Bertz CT molecular complexity index is 713. The molecule has 1 aromatic carbocycles. The zero-order chi connectivity index (χ0) is 18.3. The molecule has 142 valence electrons. The third kappa shape index (κ3) is 3.05. The first-order valence-corrected chi connectivity index (χ1v) is 10.3. The molecule has 1 aromatic rings. The minimum atomic E-state index is -0.0718. The predicted octanol–water partition coefficient (Wildman–Crippen LogP) is 3.00. The highest BCUT2D eigenvalue weighted by atomic mass is 35.5. The summed E-state index contributed by atoms with van der Waals surface area (Å²) in [5.41, 5.74) is 8.01. The van der Waals surface area contributed by atoms with Crippen molar-refractivity contribution >= 4 is 23.2 Å². The molecule has 5 nitrogen and oxygen atoms in total. The normalized spacial score (nSPS) is 29.3. The maximum absolute atomic E-state index is 13.0. The summed E-state index contributed by atoms with van der Waals surface area (Å²) in [7, 11) is 0. The number of hydrogen-bond acceptors (Lipinski definition) is 3. The van der Waals surface area contributed by atoms with E-state index in [1.165, 1.54) is 49.8 Å². The topological polar surface area (TPSA) is 64.4 Å². The fourth-order valence-corrected chi connectivity index (χ4v) is 5.26. The van der Waals surface area contributed by atoms with Crippen LogP contribution in [0.5, 0.6) is 5.75 Å². The van der Waals surface area contributed by atoms with E-state index in [2.05, 4.69) is 12.2 Å². The van der Waals surface area contributed by atoms with Crippen molar-refractivity contribution in [1.29, 1.82) is 0 Å². The van der Waals surface area contributed by atoms with Crippen LogP contribution in [0.1, 0.15) is 48.5 Å². The lowest BCUT2D eigenvalue weighted by atomic mass is 9.81. The minimum absolute atomic E-state index is 0.0718. The van der Waals surface area contributed by atoms with E-state index >= 15 is 0 Å². The van der Waals surface area contributed by atoms with Crippen LogP contribution in [0.4, 0.5) is 5.69 Å². The number of hydrogen-bond donors (Lipinski definition) is 2. The summed E-state index contributed by atoms with van der Waals surface area (Å²) in [4.78, 5) is 13.0. The number of halogens is 1. The van der Waals surface area contributed by atoms with E-state index in [1.807, 2.05) is 0 Å². The lowest BCUT2D eigenvalue weighted by Gasteiger charge is -2.52. The number of anilines is 1. The Hall–Kier alpha value is -1.46. The molecule has 1 amide bonds. The Labute approximate surface area is 160 Å².